The average Bonchev–Trinajstić information content (AvgIpc) is 2.83. The van der Waals surface area contributed by atoms with Gasteiger partial charge in [-0.1, -0.05) is 6.92 Å². The molecule has 0 bridgehead atoms. The lowest BCUT2D eigenvalue weighted by Gasteiger charge is -2.56. The predicted octanol–water partition coefficient (Wildman–Crippen LogP) is 3.06. The van der Waals surface area contributed by atoms with Gasteiger partial charge >= 0.3 is 5.97 Å². The van der Waals surface area contributed by atoms with Crippen molar-refractivity contribution in [1.29, 1.82) is 0 Å². The molecule has 126 valence electrons. The summed E-state index contributed by atoms with van der Waals surface area (Å²) in [4.78, 5) is 25.6. The molecule has 2 heterocycles. The molecule has 0 spiro atoms. The van der Waals surface area contributed by atoms with Crippen LogP contribution in [0, 0.1) is 17.3 Å². The number of hydrogen-bond donors (Lipinski definition) is 0. The summed E-state index contributed by atoms with van der Waals surface area (Å²) in [5, 5.41) is 0. The molecule has 4 heteroatoms. The van der Waals surface area contributed by atoms with Gasteiger partial charge in [0.1, 0.15) is 6.10 Å². The molecule has 4 aliphatic rings. The molecular weight excluding hydrogens is 290 g/mol. The Morgan fingerprint density at radius 3 is 2.87 bits per heavy atom. The Labute approximate surface area is 138 Å². The van der Waals surface area contributed by atoms with E-state index < -0.39 is 0 Å². The summed E-state index contributed by atoms with van der Waals surface area (Å²) in [6.45, 7) is 3.87. The molecule has 4 nitrogen and oxygen atoms in total. The number of hydrogen-bond acceptors (Lipinski definition) is 4. The highest BCUT2D eigenvalue weighted by atomic mass is 16.5. The van der Waals surface area contributed by atoms with Gasteiger partial charge in [0.15, 0.2) is 5.78 Å². The van der Waals surface area contributed by atoms with Gasteiger partial charge in [0.2, 0.25) is 0 Å². The molecule has 0 aromatic rings. The van der Waals surface area contributed by atoms with Crippen LogP contribution < -0.4 is 0 Å². The molecule has 0 N–H and O–H groups in total. The first kappa shape index (κ1) is 15.2. The highest BCUT2D eigenvalue weighted by Gasteiger charge is 2.57. The summed E-state index contributed by atoms with van der Waals surface area (Å²) in [5.74, 6) is 1.47. The quantitative estimate of drug-likeness (QED) is 0.697. The van der Waals surface area contributed by atoms with E-state index in [1.165, 1.54) is 19.8 Å². The Balaban J connectivity index is 1.57. The zero-order chi connectivity index (χ0) is 16.2. The Kier molecular flexibility index (Phi) is 3.54. The van der Waals surface area contributed by atoms with Crippen molar-refractivity contribution in [2.24, 2.45) is 17.3 Å². The molecule has 0 amide bonds. The molecule has 4 rings (SSSR count). The molecule has 0 aromatic carbocycles. The Bertz CT molecular complexity index is 557. The third-order valence-electron chi connectivity index (χ3n) is 7.13. The molecule has 1 saturated heterocycles. The van der Waals surface area contributed by atoms with Crippen LogP contribution in [0.1, 0.15) is 58.8 Å². The standard InChI is InChI=1S/C19H27NO3/c1-12(21)23-18-6-5-16-15-4-3-13-11-14(22)8-10-20(13)17(15)7-9-19(16,18)2/h8,10,13,15-18H,3-7,9,11H2,1-2H3/t13-,15+,16+,17+,18+,19+/m1/s1. The first-order valence-corrected chi connectivity index (χ1v) is 9.15. The second-order valence-corrected chi connectivity index (χ2v) is 8.22. The van der Waals surface area contributed by atoms with Crippen LogP contribution in [0.25, 0.3) is 0 Å². The normalized spacial score (nSPS) is 45.2. The van der Waals surface area contributed by atoms with Crippen molar-refractivity contribution < 1.29 is 14.3 Å². The van der Waals surface area contributed by atoms with Crippen LogP contribution >= 0.6 is 0 Å². The summed E-state index contributed by atoms with van der Waals surface area (Å²) in [6.07, 6.45) is 11.4. The maximum Gasteiger partial charge on any atom is 0.302 e. The predicted molar refractivity (Wildman–Crippen MR) is 86.5 cm³/mol. The van der Waals surface area contributed by atoms with Gasteiger partial charge in [-0.2, -0.15) is 0 Å². The summed E-state index contributed by atoms with van der Waals surface area (Å²) in [5.41, 5.74) is 0.148. The van der Waals surface area contributed by atoms with Crippen molar-refractivity contribution in [3.05, 3.63) is 12.3 Å². The average molecular weight is 317 g/mol. The topological polar surface area (TPSA) is 46.6 Å². The number of esters is 1. The van der Waals surface area contributed by atoms with Gasteiger partial charge in [0.05, 0.1) is 0 Å². The Morgan fingerprint density at radius 1 is 1.26 bits per heavy atom. The van der Waals surface area contributed by atoms with E-state index in [4.69, 9.17) is 4.74 Å². The number of fused-ring (bicyclic) bond motifs is 5. The van der Waals surface area contributed by atoms with Gasteiger partial charge in [-0.3, -0.25) is 9.59 Å². The van der Waals surface area contributed by atoms with E-state index in [9.17, 15) is 9.59 Å². The van der Waals surface area contributed by atoms with E-state index in [1.807, 2.05) is 0 Å². The summed E-state index contributed by atoms with van der Waals surface area (Å²) in [6, 6.07) is 0.996. The zero-order valence-corrected chi connectivity index (χ0v) is 14.2. The van der Waals surface area contributed by atoms with E-state index in [0.717, 1.165) is 25.7 Å². The minimum Gasteiger partial charge on any atom is -0.462 e. The van der Waals surface area contributed by atoms with Crippen LogP contribution in [0.5, 0.6) is 0 Å². The van der Waals surface area contributed by atoms with Crippen LogP contribution in [0.2, 0.25) is 0 Å². The van der Waals surface area contributed by atoms with E-state index in [-0.39, 0.29) is 23.3 Å². The second-order valence-electron chi connectivity index (χ2n) is 8.22. The van der Waals surface area contributed by atoms with Gasteiger partial charge in [0.25, 0.3) is 0 Å². The minimum absolute atomic E-state index is 0.0992. The fraction of sp³-hybridized carbons (Fsp3) is 0.789. The minimum atomic E-state index is -0.139. The Morgan fingerprint density at radius 2 is 2.09 bits per heavy atom. The molecule has 2 aliphatic heterocycles. The number of carbonyl (C=O) groups is 2. The Hall–Kier alpha value is -1.32. The molecule has 2 aliphatic carbocycles. The zero-order valence-electron chi connectivity index (χ0n) is 14.2. The lowest BCUT2D eigenvalue weighted by molar-refractivity contribution is -0.156. The van der Waals surface area contributed by atoms with Crippen molar-refractivity contribution in [3.63, 3.8) is 0 Å². The molecule has 0 aromatic heterocycles. The largest absolute Gasteiger partial charge is 0.462 e. The number of allylic oxidation sites excluding steroid dienone is 1. The van der Waals surface area contributed by atoms with Crippen LogP contribution in [-0.2, 0) is 14.3 Å². The molecule has 0 unspecified atom stereocenters. The highest BCUT2D eigenvalue weighted by Crippen LogP contribution is 2.58. The molecule has 23 heavy (non-hydrogen) atoms. The number of nitrogens with zero attached hydrogens (tertiary/aromatic N) is 1. The van der Waals surface area contributed by atoms with Crippen molar-refractivity contribution in [2.75, 3.05) is 0 Å². The fourth-order valence-corrected chi connectivity index (χ4v) is 6.09. The maximum atomic E-state index is 11.7. The third-order valence-corrected chi connectivity index (χ3v) is 7.13. The molecule has 2 saturated carbocycles. The first-order chi connectivity index (χ1) is 11.0. The van der Waals surface area contributed by atoms with Crippen molar-refractivity contribution in [3.8, 4) is 0 Å². The monoisotopic (exact) mass is 317 g/mol. The van der Waals surface area contributed by atoms with Crippen LogP contribution in [0.15, 0.2) is 12.3 Å². The van der Waals surface area contributed by atoms with E-state index in [1.54, 1.807) is 6.08 Å². The number of ketones is 1. The van der Waals surface area contributed by atoms with E-state index >= 15 is 0 Å². The summed E-state index contributed by atoms with van der Waals surface area (Å²) < 4.78 is 5.67. The fourth-order valence-electron chi connectivity index (χ4n) is 6.09. The lowest BCUT2D eigenvalue weighted by Crippen LogP contribution is -2.57. The van der Waals surface area contributed by atoms with Crippen molar-refractivity contribution in [2.45, 2.75) is 77.0 Å². The smallest absolute Gasteiger partial charge is 0.302 e. The van der Waals surface area contributed by atoms with Crippen molar-refractivity contribution in [1.82, 2.24) is 4.90 Å². The van der Waals surface area contributed by atoms with Crippen LogP contribution in [0.3, 0.4) is 0 Å². The number of ether oxygens (including phenoxy) is 1. The van der Waals surface area contributed by atoms with Crippen molar-refractivity contribution >= 4 is 11.8 Å². The highest BCUT2D eigenvalue weighted by molar-refractivity contribution is 5.90. The first-order valence-electron chi connectivity index (χ1n) is 9.15. The van der Waals surface area contributed by atoms with Crippen LogP contribution in [0.4, 0.5) is 0 Å². The van der Waals surface area contributed by atoms with Gasteiger partial charge in [-0.25, -0.2) is 0 Å². The summed E-state index contributed by atoms with van der Waals surface area (Å²) >= 11 is 0. The lowest BCUT2D eigenvalue weighted by atomic mass is 9.59. The molecule has 3 fully saturated rings. The third kappa shape index (κ3) is 2.33. The molecule has 0 radical (unpaired) electrons. The van der Waals surface area contributed by atoms with E-state index in [0.29, 0.717) is 30.3 Å². The summed E-state index contributed by atoms with van der Waals surface area (Å²) in [7, 11) is 0. The van der Waals surface area contributed by atoms with E-state index in [2.05, 4.69) is 18.0 Å². The van der Waals surface area contributed by atoms with Gasteiger partial charge < -0.3 is 9.64 Å². The number of carbonyl (C=O) groups excluding carboxylic acids is 2. The number of piperidine rings is 1. The SMILES string of the molecule is CC(=O)O[C@H]1CC[C@H]2[C@@H]3CC[C@@H]4CC(=O)C=CN4[C@H]3CC[C@]12C. The number of rotatable bonds is 1. The van der Waals surface area contributed by atoms with Crippen LogP contribution in [-0.4, -0.2) is 34.8 Å². The molecular formula is C19H27NO3. The van der Waals surface area contributed by atoms with Gasteiger partial charge in [-0.15, -0.1) is 0 Å². The maximum absolute atomic E-state index is 11.7. The van der Waals surface area contributed by atoms with Gasteiger partial charge in [-0.05, 0) is 56.4 Å². The second kappa shape index (κ2) is 5.35. The molecule has 6 atom stereocenters. The van der Waals surface area contributed by atoms with Gasteiger partial charge in [0, 0.05) is 37.0 Å².